The molecule has 134 valence electrons. The van der Waals surface area contributed by atoms with Gasteiger partial charge < -0.3 is 34.8 Å². The Balaban J connectivity index is 0.000000368. The van der Waals surface area contributed by atoms with Gasteiger partial charge in [-0.2, -0.15) is 0 Å². The monoisotopic (exact) mass is 365 g/mol. The average molecular weight is 365 g/mol. The van der Waals surface area contributed by atoms with Crippen molar-refractivity contribution in [3.8, 4) is 0 Å². The lowest BCUT2D eigenvalue weighted by Gasteiger charge is -2.16. The van der Waals surface area contributed by atoms with Crippen LogP contribution in [0.3, 0.4) is 0 Å². The van der Waals surface area contributed by atoms with Gasteiger partial charge in [0, 0.05) is 0 Å². The van der Waals surface area contributed by atoms with Gasteiger partial charge in [-0.1, -0.05) is 0 Å². The molecule has 0 amide bonds. The molecule has 3 heterocycles. The van der Waals surface area contributed by atoms with Gasteiger partial charge in [0.15, 0.2) is 17.4 Å². The van der Waals surface area contributed by atoms with Crippen LogP contribution in [-0.2, 0) is 9.30 Å². The molecule has 0 radical (unpaired) electrons. The quantitative estimate of drug-likeness (QED) is 0.262. The average Bonchev–Trinajstić information content (AvgIpc) is 3.01. The number of ether oxygens (including phenoxy) is 1. The van der Waals surface area contributed by atoms with E-state index < -0.39 is 44.5 Å². The Kier molecular flexibility index (Phi) is 5.47. The second-order valence-corrected chi connectivity index (χ2v) is 6.05. The van der Waals surface area contributed by atoms with E-state index in [1.54, 1.807) is 0 Å². The zero-order valence-corrected chi connectivity index (χ0v) is 12.9. The van der Waals surface area contributed by atoms with E-state index in [0.29, 0.717) is 0 Å². The number of nitrogens with two attached hydrogens (primary N) is 1. The maximum atomic E-state index is 11.5. The fraction of sp³-hybridized carbons (Fsp3) is 0.500. The number of fused-ring (bicyclic) bond motifs is 1. The molecule has 3 rings (SSSR count). The molecule has 4 atom stereocenters. The highest BCUT2D eigenvalue weighted by molar-refractivity contribution is 7.49. The van der Waals surface area contributed by atoms with Gasteiger partial charge in [-0.25, -0.2) is 20.0 Å². The number of imidazole rings is 1. The number of rotatable bonds is 2. The number of aromatic nitrogens is 4. The summed E-state index contributed by atoms with van der Waals surface area (Å²) in [6.07, 6.45) is -1.78. The normalized spacial score (nSPS) is 27.1. The first-order valence-corrected chi connectivity index (χ1v) is 8.18. The third-order valence-corrected chi connectivity index (χ3v) is 3.16. The van der Waals surface area contributed by atoms with Gasteiger partial charge in [-0.3, -0.25) is 9.36 Å². The zero-order chi connectivity index (χ0) is 18.1. The van der Waals surface area contributed by atoms with Gasteiger partial charge >= 0.3 is 7.75 Å². The maximum absolute atomic E-state index is 11.5. The molecule has 0 aromatic carbocycles. The van der Waals surface area contributed by atoms with E-state index in [-0.39, 0.29) is 11.2 Å². The molecular formula is C10H16N5O8P. The molecule has 1 aliphatic rings. The Bertz CT molecular complexity index is 794. The van der Waals surface area contributed by atoms with Crippen molar-refractivity contribution in [2.45, 2.75) is 24.5 Å². The fourth-order valence-corrected chi connectivity index (χ4v) is 2.16. The Morgan fingerprint density at radius 3 is 2.50 bits per heavy atom. The van der Waals surface area contributed by atoms with Gasteiger partial charge in [-0.05, 0) is 0 Å². The van der Waals surface area contributed by atoms with Crippen LogP contribution in [0, 0.1) is 0 Å². The number of H-pyrrole nitrogens is 1. The summed E-state index contributed by atoms with van der Waals surface area (Å²) >= 11 is 0. The van der Waals surface area contributed by atoms with E-state index in [2.05, 4.69) is 20.5 Å². The number of aliphatic hydroxyl groups is 3. The lowest BCUT2D eigenvalue weighted by atomic mass is 10.1. The standard InChI is InChI=1S/C10H12N4O5.H4NO3P/c15-1-4-6(16)7(17)10(19-4)14-3-13-5-8(14)11-2-12-9(5)18;1-5(2,3)4/h2-4,6-7,10,15-17H,1H2,(H,11,12,18);(H4,1,2,3,4)/t4-,6-,7-,10-;/m1./s1. The molecule has 24 heavy (non-hydrogen) atoms. The molecule has 2 aromatic rings. The van der Waals surface area contributed by atoms with Gasteiger partial charge in [0.1, 0.15) is 18.3 Å². The second kappa shape index (κ2) is 7.04. The first-order valence-electron chi connectivity index (χ1n) is 6.50. The number of hydrogen-bond donors (Lipinski definition) is 7. The molecule has 1 saturated heterocycles. The van der Waals surface area contributed by atoms with E-state index in [1.807, 2.05) is 0 Å². The SMILES string of the molecule is NP(=O)(O)O.O=c1[nH]cnc2c1ncn2[C@@H]1O[C@H](CO)[C@@H](O)[C@H]1O. The molecule has 0 unspecified atom stereocenters. The van der Waals surface area contributed by atoms with Gasteiger partial charge in [0.05, 0.1) is 19.3 Å². The third kappa shape index (κ3) is 4.03. The molecule has 0 saturated carbocycles. The molecule has 0 aliphatic carbocycles. The van der Waals surface area contributed by atoms with Crippen LogP contribution in [0.25, 0.3) is 11.2 Å². The molecule has 13 nitrogen and oxygen atoms in total. The number of aromatic amines is 1. The van der Waals surface area contributed by atoms with Crippen LogP contribution in [0.1, 0.15) is 6.23 Å². The van der Waals surface area contributed by atoms with Crippen molar-refractivity contribution in [2.24, 2.45) is 5.50 Å². The van der Waals surface area contributed by atoms with Crippen LogP contribution in [-0.4, -0.2) is 69.5 Å². The minimum absolute atomic E-state index is 0.111. The molecule has 2 aromatic heterocycles. The zero-order valence-electron chi connectivity index (χ0n) is 12.0. The molecule has 1 fully saturated rings. The molecule has 0 bridgehead atoms. The van der Waals surface area contributed by atoms with Crippen LogP contribution in [0.2, 0.25) is 0 Å². The third-order valence-electron chi connectivity index (χ3n) is 3.16. The molecule has 14 heteroatoms. The van der Waals surface area contributed by atoms with Crippen molar-refractivity contribution in [2.75, 3.05) is 6.61 Å². The summed E-state index contributed by atoms with van der Waals surface area (Å²) in [6.45, 7) is -0.421. The number of nitrogens with one attached hydrogen (secondary N) is 1. The van der Waals surface area contributed by atoms with Gasteiger partial charge in [-0.15, -0.1) is 0 Å². The van der Waals surface area contributed by atoms with Crippen molar-refractivity contribution >= 4 is 18.9 Å². The predicted octanol–water partition coefficient (Wildman–Crippen LogP) is -3.23. The molecule has 8 N–H and O–H groups in total. The number of nitrogens with zero attached hydrogens (tertiary/aromatic N) is 3. The smallest absolute Gasteiger partial charge is 0.394 e. The van der Waals surface area contributed by atoms with E-state index in [9.17, 15) is 15.0 Å². The van der Waals surface area contributed by atoms with Crippen molar-refractivity contribution in [3.63, 3.8) is 0 Å². The summed E-state index contributed by atoms with van der Waals surface area (Å²) in [6, 6.07) is 0. The van der Waals surface area contributed by atoms with Crippen molar-refractivity contribution < 1.29 is 34.4 Å². The Morgan fingerprint density at radius 2 is 1.96 bits per heavy atom. The summed E-state index contributed by atoms with van der Waals surface area (Å²) in [4.78, 5) is 36.6. The van der Waals surface area contributed by atoms with Gasteiger partial charge in [0.25, 0.3) is 5.56 Å². The van der Waals surface area contributed by atoms with Crippen LogP contribution < -0.4 is 11.1 Å². The summed E-state index contributed by atoms with van der Waals surface area (Å²) < 4.78 is 15.8. The molecule has 0 spiro atoms. The van der Waals surface area contributed by atoms with Crippen molar-refractivity contribution in [1.82, 2.24) is 19.5 Å². The highest BCUT2D eigenvalue weighted by Gasteiger charge is 2.43. The topological polar surface area (TPSA) is 217 Å². The van der Waals surface area contributed by atoms with Crippen LogP contribution >= 0.6 is 7.75 Å². The minimum atomic E-state index is -4.14. The first-order chi connectivity index (χ1) is 11.1. The molecular weight excluding hydrogens is 349 g/mol. The highest BCUT2D eigenvalue weighted by atomic mass is 31.2. The lowest BCUT2D eigenvalue weighted by Crippen LogP contribution is -2.33. The van der Waals surface area contributed by atoms with Crippen molar-refractivity contribution in [1.29, 1.82) is 0 Å². The largest absolute Gasteiger partial charge is 0.397 e. The highest BCUT2D eigenvalue weighted by Crippen LogP contribution is 2.30. The van der Waals surface area contributed by atoms with E-state index in [1.165, 1.54) is 17.2 Å². The van der Waals surface area contributed by atoms with E-state index in [4.69, 9.17) is 24.2 Å². The van der Waals surface area contributed by atoms with Crippen LogP contribution in [0.5, 0.6) is 0 Å². The first kappa shape index (κ1) is 18.6. The fourth-order valence-electron chi connectivity index (χ4n) is 2.16. The summed E-state index contributed by atoms with van der Waals surface area (Å²) in [5.74, 6) is 0. The van der Waals surface area contributed by atoms with E-state index >= 15 is 0 Å². The predicted molar refractivity (Wildman–Crippen MR) is 77.4 cm³/mol. The van der Waals surface area contributed by atoms with Crippen molar-refractivity contribution in [3.05, 3.63) is 23.0 Å². The summed E-state index contributed by atoms with van der Waals surface area (Å²) in [5.41, 5.74) is 3.96. The number of hydrogen-bond acceptors (Lipinski definition) is 8. The summed E-state index contributed by atoms with van der Waals surface area (Å²) in [5, 5.41) is 28.6. The Labute approximate surface area is 133 Å². The Morgan fingerprint density at radius 1 is 1.33 bits per heavy atom. The van der Waals surface area contributed by atoms with Gasteiger partial charge in [0.2, 0.25) is 0 Å². The minimum Gasteiger partial charge on any atom is -0.394 e. The maximum Gasteiger partial charge on any atom is 0.397 e. The second-order valence-electron chi connectivity index (χ2n) is 4.87. The molecule has 1 aliphatic heterocycles. The number of aliphatic hydroxyl groups excluding tert-OH is 3. The van der Waals surface area contributed by atoms with E-state index in [0.717, 1.165) is 0 Å². The van der Waals surface area contributed by atoms with Crippen LogP contribution in [0.4, 0.5) is 0 Å². The summed E-state index contributed by atoms with van der Waals surface area (Å²) in [7, 11) is -4.14. The Hall–Kier alpha value is -1.70. The van der Waals surface area contributed by atoms with Crippen LogP contribution in [0.15, 0.2) is 17.4 Å². The lowest BCUT2D eigenvalue weighted by molar-refractivity contribution is -0.0511.